The summed E-state index contributed by atoms with van der Waals surface area (Å²) in [5.74, 6) is -1.01. The Morgan fingerprint density at radius 2 is 2.14 bits per heavy atom. The molecule has 1 heterocycles. The molecule has 0 saturated heterocycles. The summed E-state index contributed by atoms with van der Waals surface area (Å²) in [5.41, 5.74) is 5.93. The number of hydrogen-bond acceptors (Lipinski definition) is 4. The molecule has 0 fully saturated rings. The summed E-state index contributed by atoms with van der Waals surface area (Å²) >= 11 is 5.71. The first-order valence-corrected chi connectivity index (χ1v) is 7.89. The van der Waals surface area contributed by atoms with Crippen molar-refractivity contribution in [1.29, 1.82) is 0 Å². The molecule has 112 valence electrons. The lowest BCUT2D eigenvalue weighted by Crippen LogP contribution is -2.27. The minimum absolute atomic E-state index is 0.0570. The van der Waals surface area contributed by atoms with Gasteiger partial charge in [0, 0.05) is 24.0 Å². The third-order valence-corrected chi connectivity index (χ3v) is 4.43. The fourth-order valence-corrected chi connectivity index (χ4v) is 3.19. The number of aromatic nitrogens is 1. The van der Waals surface area contributed by atoms with Crippen LogP contribution in [0.3, 0.4) is 0 Å². The van der Waals surface area contributed by atoms with E-state index in [2.05, 4.69) is 9.71 Å². The van der Waals surface area contributed by atoms with Gasteiger partial charge in [0.15, 0.2) is 5.82 Å². The van der Waals surface area contributed by atoms with Crippen LogP contribution in [0.15, 0.2) is 41.6 Å². The average Bonchev–Trinajstić information content (AvgIpc) is 2.43. The predicted molar refractivity (Wildman–Crippen MR) is 79.0 cm³/mol. The summed E-state index contributed by atoms with van der Waals surface area (Å²) in [6.07, 6.45) is 3.69. The van der Waals surface area contributed by atoms with E-state index in [0.717, 1.165) is 17.7 Å². The van der Waals surface area contributed by atoms with E-state index < -0.39 is 20.7 Å². The smallest absolute Gasteiger partial charge is 0.243 e. The van der Waals surface area contributed by atoms with Crippen LogP contribution in [0.5, 0.6) is 0 Å². The van der Waals surface area contributed by atoms with Crippen LogP contribution < -0.4 is 10.5 Å². The van der Waals surface area contributed by atoms with Gasteiger partial charge in [0.2, 0.25) is 10.0 Å². The molecular formula is C13H13ClFN3O2S. The van der Waals surface area contributed by atoms with Crippen molar-refractivity contribution < 1.29 is 12.8 Å². The Kier molecular flexibility index (Phi) is 4.76. The van der Waals surface area contributed by atoms with Gasteiger partial charge < -0.3 is 5.73 Å². The Morgan fingerprint density at radius 1 is 1.38 bits per heavy atom. The minimum atomic E-state index is -4.02. The third kappa shape index (κ3) is 3.90. The van der Waals surface area contributed by atoms with E-state index in [1.54, 1.807) is 18.5 Å². The Balaban J connectivity index is 2.12. The number of benzene rings is 1. The van der Waals surface area contributed by atoms with Gasteiger partial charge in [-0.1, -0.05) is 17.7 Å². The maximum atomic E-state index is 13.8. The second-order valence-corrected chi connectivity index (χ2v) is 6.49. The van der Waals surface area contributed by atoms with Crippen LogP contribution in [0.25, 0.3) is 0 Å². The summed E-state index contributed by atoms with van der Waals surface area (Å²) in [6, 6.07) is 5.76. The van der Waals surface area contributed by atoms with Gasteiger partial charge in [-0.2, -0.15) is 0 Å². The van der Waals surface area contributed by atoms with Gasteiger partial charge in [-0.05, 0) is 30.2 Å². The summed E-state index contributed by atoms with van der Waals surface area (Å²) in [7, 11) is -4.02. The molecule has 0 aliphatic heterocycles. The monoisotopic (exact) mass is 329 g/mol. The molecule has 0 aliphatic rings. The molecule has 1 aromatic heterocycles. The van der Waals surface area contributed by atoms with Gasteiger partial charge in [-0.3, -0.25) is 4.98 Å². The highest BCUT2D eigenvalue weighted by Crippen LogP contribution is 2.25. The van der Waals surface area contributed by atoms with E-state index in [1.807, 2.05) is 6.07 Å². The zero-order valence-electron chi connectivity index (χ0n) is 10.9. The van der Waals surface area contributed by atoms with Crippen LogP contribution >= 0.6 is 11.6 Å². The lowest BCUT2D eigenvalue weighted by atomic mass is 10.2. The topological polar surface area (TPSA) is 85.1 Å². The molecule has 0 spiro atoms. The highest BCUT2D eigenvalue weighted by molar-refractivity contribution is 7.89. The fourth-order valence-electron chi connectivity index (χ4n) is 1.73. The zero-order chi connectivity index (χ0) is 15.5. The normalized spacial score (nSPS) is 11.5. The van der Waals surface area contributed by atoms with E-state index in [0.29, 0.717) is 6.42 Å². The second-order valence-electron chi connectivity index (χ2n) is 4.32. The third-order valence-electron chi connectivity index (χ3n) is 2.75. The summed E-state index contributed by atoms with van der Waals surface area (Å²) in [6.45, 7) is 0.111. The lowest BCUT2D eigenvalue weighted by Gasteiger charge is -2.09. The van der Waals surface area contributed by atoms with Gasteiger partial charge >= 0.3 is 0 Å². The number of hydrogen-bond donors (Lipinski definition) is 2. The first-order chi connectivity index (χ1) is 9.90. The molecule has 8 heteroatoms. The van der Waals surface area contributed by atoms with Crippen LogP contribution in [-0.2, 0) is 16.4 Å². The predicted octanol–water partition coefficient (Wildman–Crippen LogP) is 1.98. The first kappa shape index (κ1) is 15.7. The molecule has 1 aromatic carbocycles. The molecule has 0 atom stereocenters. The number of nitrogens with two attached hydrogens (primary N) is 1. The van der Waals surface area contributed by atoms with Crippen molar-refractivity contribution in [3.05, 3.63) is 53.1 Å². The van der Waals surface area contributed by atoms with Gasteiger partial charge in [-0.15, -0.1) is 0 Å². The number of pyridine rings is 1. The highest BCUT2D eigenvalue weighted by Gasteiger charge is 2.21. The van der Waals surface area contributed by atoms with Crippen LogP contribution in [0.2, 0.25) is 5.02 Å². The van der Waals surface area contributed by atoms with E-state index in [1.165, 1.54) is 0 Å². The van der Waals surface area contributed by atoms with E-state index in [4.69, 9.17) is 17.3 Å². The Hall–Kier alpha value is -1.70. The number of anilines is 1. The highest BCUT2D eigenvalue weighted by atomic mass is 35.5. The fraction of sp³-hybridized carbons (Fsp3) is 0.154. The standard InChI is InChI=1S/C13H13ClFN3O2S/c14-10-6-11(16)13(15)12(7-10)21(19,20)18-5-3-9-2-1-4-17-8-9/h1-2,4,6-8,18H,3,5,16H2. The maximum Gasteiger partial charge on any atom is 0.243 e. The molecule has 0 amide bonds. The largest absolute Gasteiger partial charge is 0.396 e. The van der Waals surface area contributed by atoms with E-state index >= 15 is 0 Å². The van der Waals surface area contributed by atoms with E-state index in [-0.39, 0.29) is 17.3 Å². The molecule has 2 rings (SSSR count). The molecule has 0 bridgehead atoms. The van der Waals surface area contributed by atoms with Crippen molar-refractivity contribution in [2.24, 2.45) is 0 Å². The molecule has 0 saturated carbocycles. The quantitative estimate of drug-likeness (QED) is 0.821. The average molecular weight is 330 g/mol. The van der Waals surface area contributed by atoms with Crippen LogP contribution in [0.1, 0.15) is 5.56 Å². The van der Waals surface area contributed by atoms with Crippen LogP contribution in [0.4, 0.5) is 10.1 Å². The molecule has 3 N–H and O–H groups in total. The van der Waals surface area contributed by atoms with Crippen molar-refractivity contribution in [2.45, 2.75) is 11.3 Å². The minimum Gasteiger partial charge on any atom is -0.396 e. The number of rotatable bonds is 5. The SMILES string of the molecule is Nc1cc(Cl)cc(S(=O)(=O)NCCc2cccnc2)c1F. The zero-order valence-corrected chi connectivity index (χ0v) is 12.5. The molecule has 0 radical (unpaired) electrons. The molecular weight excluding hydrogens is 317 g/mol. The van der Waals surface area contributed by atoms with Gasteiger partial charge in [0.05, 0.1) is 5.69 Å². The second kappa shape index (κ2) is 6.38. The Labute approximate surface area is 127 Å². The molecule has 0 aliphatic carbocycles. The molecule has 5 nitrogen and oxygen atoms in total. The summed E-state index contributed by atoms with van der Waals surface area (Å²) in [5, 5.41) is 0.0570. The van der Waals surface area contributed by atoms with Crippen molar-refractivity contribution in [2.75, 3.05) is 12.3 Å². The van der Waals surface area contributed by atoms with Crippen molar-refractivity contribution in [3.8, 4) is 0 Å². The summed E-state index contributed by atoms with van der Waals surface area (Å²) in [4.78, 5) is 3.37. The van der Waals surface area contributed by atoms with Gasteiger partial charge in [0.25, 0.3) is 0 Å². The Bertz CT molecular complexity index is 739. The number of nitrogens with zero attached hydrogens (tertiary/aromatic N) is 1. The Morgan fingerprint density at radius 3 is 2.81 bits per heavy atom. The first-order valence-electron chi connectivity index (χ1n) is 6.03. The van der Waals surface area contributed by atoms with Crippen molar-refractivity contribution in [1.82, 2.24) is 9.71 Å². The molecule has 21 heavy (non-hydrogen) atoms. The summed E-state index contributed by atoms with van der Waals surface area (Å²) < 4.78 is 40.3. The molecule has 2 aromatic rings. The van der Waals surface area contributed by atoms with Crippen LogP contribution in [0, 0.1) is 5.82 Å². The number of sulfonamides is 1. The number of nitrogen functional groups attached to an aromatic ring is 1. The van der Waals surface area contributed by atoms with Crippen molar-refractivity contribution in [3.63, 3.8) is 0 Å². The van der Waals surface area contributed by atoms with Gasteiger partial charge in [-0.25, -0.2) is 17.5 Å². The lowest BCUT2D eigenvalue weighted by molar-refractivity contribution is 0.559. The maximum absolute atomic E-state index is 13.8. The van der Waals surface area contributed by atoms with Crippen LogP contribution in [-0.4, -0.2) is 19.9 Å². The van der Waals surface area contributed by atoms with E-state index in [9.17, 15) is 12.8 Å². The van der Waals surface area contributed by atoms with Crippen molar-refractivity contribution >= 4 is 27.3 Å². The van der Waals surface area contributed by atoms with Gasteiger partial charge in [0.1, 0.15) is 4.90 Å². The molecule has 0 unspecified atom stereocenters. The number of nitrogens with one attached hydrogen (secondary N) is 1. The number of halogens is 2.